The summed E-state index contributed by atoms with van der Waals surface area (Å²) in [4.78, 5) is 17.2. The molecule has 0 saturated carbocycles. The van der Waals surface area contributed by atoms with Gasteiger partial charge >= 0.3 is 6.18 Å². The van der Waals surface area contributed by atoms with Crippen molar-refractivity contribution < 1.29 is 18.0 Å². The molecule has 1 saturated heterocycles. The van der Waals surface area contributed by atoms with Gasteiger partial charge in [0, 0.05) is 26.1 Å². The van der Waals surface area contributed by atoms with Crippen LogP contribution < -0.4 is 10.2 Å². The Labute approximate surface area is 125 Å². The summed E-state index contributed by atoms with van der Waals surface area (Å²) in [5.74, 6) is 0.0578. The molecule has 0 aromatic carbocycles. The maximum Gasteiger partial charge on any atom is 0.416 e. The molecule has 21 heavy (non-hydrogen) atoms. The molecule has 0 bridgehead atoms. The number of nitrogens with zero attached hydrogens (tertiary/aromatic N) is 2. The Morgan fingerprint density at radius 2 is 2.00 bits per heavy atom. The van der Waals surface area contributed by atoms with E-state index in [0.29, 0.717) is 25.9 Å². The summed E-state index contributed by atoms with van der Waals surface area (Å²) >= 11 is 5.67. The molecule has 2 heterocycles. The molecule has 1 aromatic rings. The summed E-state index contributed by atoms with van der Waals surface area (Å²) in [6, 6.07) is 1.80. The molecule has 1 aromatic heterocycles. The Bertz CT molecular complexity index is 528. The standard InChI is InChI=1S/C13H15ClF3N3O/c1-18-12(21)8-2-4-20(5-3-8)11-7-9(13(15,16)17)6-10(14)19-11/h6-8H,2-5H2,1H3,(H,18,21). The van der Waals surface area contributed by atoms with Crippen LogP contribution >= 0.6 is 11.6 Å². The third-order valence-corrected chi connectivity index (χ3v) is 3.74. The molecule has 116 valence electrons. The van der Waals surface area contributed by atoms with Gasteiger partial charge in [-0.25, -0.2) is 4.98 Å². The monoisotopic (exact) mass is 321 g/mol. The third-order valence-electron chi connectivity index (χ3n) is 3.54. The van der Waals surface area contributed by atoms with Crippen molar-refractivity contribution in [3.05, 3.63) is 22.8 Å². The predicted octanol–water partition coefficient (Wildman–Crippen LogP) is 2.72. The fraction of sp³-hybridized carbons (Fsp3) is 0.538. The number of hydrogen-bond acceptors (Lipinski definition) is 3. The molecular weight excluding hydrogens is 307 g/mol. The first-order valence-electron chi connectivity index (χ1n) is 6.52. The zero-order chi connectivity index (χ0) is 15.6. The van der Waals surface area contributed by atoms with E-state index >= 15 is 0 Å². The molecule has 1 aliphatic rings. The van der Waals surface area contributed by atoms with E-state index in [4.69, 9.17) is 11.6 Å². The van der Waals surface area contributed by atoms with Crippen molar-refractivity contribution in [1.82, 2.24) is 10.3 Å². The Morgan fingerprint density at radius 1 is 1.38 bits per heavy atom. The Balaban J connectivity index is 2.13. The second-order valence-corrected chi connectivity index (χ2v) is 5.30. The van der Waals surface area contributed by atoms with Gasteiger partial charge in [0.15, 0.2) is 0 Å². The highest BCUT2D eigenvalue weighted by Crippen LogP contribution is 2.33. The number of nitrogens with one attached hydrogen (secondary N) is 1. The van der Waals surface area contributed by atoms with Crippen LogP contribution in [0.1, 0.15) is 18.4 Å². The molecule has 0 radical (unpaired) electrons. The molecule has 0 atom stereocenters. The number of piperidine rings is 1. The Hall–Kier alpha value is -1.50. The quantitative estimate of drug-likeness (QED) is 0.852. The smallest absolute Gasteiger partial charge is 0.359 e. The maximum absolute atomic E-state index is 12.8. The van der Waals surface area contributed by atoms with Crippen molar-refractivity contribution in [2.24, 2.45) is 5.92 Å². The molecule has 1 amide bonds. The molecule has 1 fully saturated rings. The van der Waals surface area contributed by atoms with E-state index in [2.05, 4.69) is 10.3 Å². The molecule has 0 unspecified atom stereocenters. The molecule has 1 aliphatic heterocycles. The fourth-order valence-corrected chi connectivity index (χ4v) is 2.59. The highest BCUT2D eigenvalue weighted by Gasteiger charge is 2.33. The first kappa shape index (κ1) is 15.9. The van der Waals surface area contributed by atoms with E-state index in [9.17, 15) is 18.0 Å². The summed E-state index contributed by atoms with van der Waals surface area (Å²) < 4.78 is 38.3. The van der Waals surface area contributed by atoms with Gasteiger partial charge in [0.05, 0.1) is 5.56 Å². The zero-order valence-electron chi connectivity index (χ0n) is 11.4. The zero-order valence-corrected chi connectivity index (χ0v) is 12.1. The maximum atomic E-state index is 12.8. The fourth-order valence-electron chi connectivity index (χ4n) is 2.38. The Morgan fingerprint density at radius 3 is 2.52 bits per heavy atom. The summed E-state index contributed by atoms with van der Waals surface area (Å²) in [6.45, 7) is 0.950. The van der Waals surface area contributed by atoms with E-state index in [-0.39, 0.29) is 22.8 Å². The van der Waals surface area contributed by atoms with Crippen molar-refractivity contribution in [1.29, 1.82) is 0 Å². The highest BCUT2D eigenvalue weighted by atomic mass is 35.5. The van der Waals surface area contributed by atoms with E-state index < -0.39 is 11.7 Å². The van der Waals surface area contributed by atoms with E-state index in [1.54, 1.807) is 11.9 Å². The lowest BCUT2D eigenvalue weighted by Crippen LogP contribution is -2.40. The number of hydrogen-bond donors (Lipinski definition) is 1. The number of amides is 1. The van der Waals surface area contributed by atoms with Crippen LogP contribution in [0, 0.1) is 5.92 Å². The summed E-state index contributed by atoms with van der Waals surface area (Å²) in [5.41, 5.74) is -0.814. The topological polar surface area (TPSA) is 45.2 Å². The number of rotatable bonds is 2. The van der Waals surface area contributed by atoms with Crippen LogP contribution in [0.15, 0.2) is 12.1 Å². The van der Waals surface area contributed by atoms with Gasteiger partial charge in [-0.05, 0) is 25.0 Å². The average molecular weight is 322 g/mol. The van der Waals surface area contributed by atoms with Gasteiger partial charge in [0.2, 0.25) is 5.91 Å². The van der Waals surface area contributed by atoms with Crippen molar-refractivity contribution in [2.75, 3.05) is 25.0 Å². The minimum Gasteiger partial charge on any atom is -0.359 e. The van der Waals surface area contributed by atoms with E-state index in [1.165, 1.54) is 0 Å². The molecule has 1 N–H and O–H groups in total. The van der Waals surface area contributed by atoms with Gasteiger partial charge in [0.1, 0.15) is 11.0 Å². The molecule has 4 nitrogen and oxygen atoms in total. The number of carbonyl (C=O) groups is 1. The number of alkyl halides is 3. The van der Waals surface area contributed by atoms with Crippen molar-refractivity contribution >= 4 is 23.3 Å². The minimum absolute atomic E-state index is 0.0373. The lowest BCUT2D eigenvalue weighted by molar-refractivity contribution is -0.137. The van der Waals surface area contributed by atoms with Crippen molar-refractivity contribution in [3.63, 3.8) is 0 Å². The lowest BCUT2D eigenvalue weighted by Gasteiger charge is -2.32. The summed E-state index contributed by atoms with van der Waals surface area (Å²) in [5, 5.41) is 2.40. The molecular formula is C13H15ClF3N3O. The predicted molar refractivity (Wildman–Crippen MR) is 73.3 cm³/mol. The number of anilines is 1. The van der Waals surface area contributed by atoms with Crippen LogP contribution in [0.25, 0.3) is 0 Å². The van der Waals surface area contributed by atoms with Gasteiger partial charge in [-0.1, -0.05) is 11.6 Å². The second kappa shape index (κ2) is 6.09. The number of carbonyl (C=O) groups excluding carboxylic acids is 1. The second-order valence-electron chi connectivity index (χ2n) is 4.91. The first-order chi connectivity index (χ1) is 9.81. The van der Waals surface area contributed by atoms with E-state index in [0.717, 1.165) is 12.1 Å². The largest absolute Gasteiger partial charge is 0.416 e. The molecule has 2 rings (SSSR count). The number of pyridine rings is 1. The summed E-state index contributed by atoms with van der Waals surface area (Å²) in [7, 11) is 1.57. The average Bonchev–Trinajstić information content (AvgIpc) is 2.45. The van der Waals surface area contributed by atoms with Crippen LogP contribution in [0.5, 0.6) is 0 Å². The highest BCUT2D eigenvalue weighted by molar-refractivity contribution is 6.29. The number of halogens is 4. The number of aromatic nitrogens is 1. The third kappa shape index (κ3) is 3.78. The van der Waals surface area contributed by atoms with Gasteiger partial charge in [-0.3, -0.25) is 4.79 Å². The minimum atomic E-state index is -4.46. The van der Waals surface area contributed by atoms with Crippen LogP contribution in [-0.2, 0) is 11.0 Å². The van der Waals surface area contributed by atoms with E-state index in [1.807, 2.05) is 0 Å². The molecule has 0 aliphatic carbocycles. The van der Waals surface area contributed by atoms with Crippen LogP contribution in [-0.4, -0.2) is 31.0 Å². The van der Waals surface area contributed by atoms with Crippen LogP contribution in [0.3, 0.4) is 0 Å². The van der Waals surface area contributed by atoms with Crippen molar-refractivity contribution in [3.8, 4) is 0 Å². The first-order valence-corrected chi connectivity index (χ1v) is 6.90. The van der Waals surface area contributed by atoms with Crippen molar-refractivity contribution in [2.45, 2.75) is 19.0 Å². The lowest BCUT2D eigenvalue weighted by atomic mass is 9.96. The van der Waals surface area contributed by atoms with Gasteiger partial charge < -0.3 is 10.2 Å². The molecule has 0 spiro atoms. The Kier molecular flexibility index (Phi) is 4.61. The molecule has 8 heteroatoms. The van der Waals surface area contributed by atoms with Crippen LogP contribution in [0.4, 0.5) is 19.0 Å². The summed E-state index contributed by atoms with van der Waals surface area (Å²) in [6.07, 6.45) is -3.30. The SMILES string of the molecule is CNC(=O)C1CCN(c2cc(C(F)(F)F)cc(Cl)n2)CC1. The van der Waals surface area contributed by atoms with Gasteiger partial charge in [0.25, 0.3) is 0 Å². The van der Waals surface area contributed by atoms with Gasteiger partial charge in [-0.15, -0.1) is 0 Å². The van der Waals surface area contributed by atoms with Gasteiger partial charge in [-0.2, -0.15) is 13.2 Å². The normalized spacial score (nSPS) is 16.9. The van der Waals surface area contributed by atoms with Crippen LogP contribution in [0.2, 0.25) is 5.15 Å².